The van der Waals surface area contributed by atoms with Crippen molar-refractivity contribution in [3.05, 3.63) is 44.8 Å². The van der Waals surface area contributed by atoms with Crippen molar-refractivity contribution in [2.75, 3.05) is 0 Å². The van der Waals surface area contributed by atoms with Gasteiger partial charge in [-0.25, -0.2) is 4.98 Å². The highest BCUT2D eigenvalue weighted by Gasteiger charge is 2.19. The van der Waals surface area contributed by atoms with Crippen LogP contribution in [0.1, 0.15) is 18.9 Å². The van der Waals surface area contributed by atoms with Crippen molar-refractivity contribution < 1.29 is 4.92 Å². The average Bonchev–Trinajstić information content (AvgIpc) is 2.78. The number of benzene rings is 1. The SMILES string of the molecule is CC(C)(N)c1nc(-c2cccc([N+](=O)[O-])c2)cs1. The van der Waals surface area contributed by atoms with Gasteiger partial charge in [-0.3, -0.25) is 10.1 Å². The Hall–Kier alpha value is -1.79. The highest BCUT2D eigenvalue weighted by atomic mass is 32.1. The van der Waals surface area contributed by atoms with Gasteiger partial charge in [0.25, 0.3) is 5.69 Å². The first kappa shape index (κ1) is 12.7. The predicted octanol–water partition coefficient (Wildman–Crippen LogP) is 2.91. The molecule has 0 aliphatic rings. The van der Waals surface area contributed by atoms with Crippen LogP contribution in [0.15, 0.2) is 29.6 Å². The van der Waals surface area contributed by atoms with Crippen molar-refractivity contribution in [1.82, 2.24) is 4.98 Å². The van der Waals surface area contributed by atoms with Gasteiger partial charge in [0.1, 0.15) is 5.01 Å². The van der Waals surface area contributed by atoms with Gasteiger partial charge in [0.15, 0.2) is 0 Å². The first-order valence-electron chi connectivity index (χ1n) is 5.37. The number of nitro benzene ring substituents is 1. The predicted molar refractivity (Wildman–Crippen MR) is 71.4 cm³/mol. The van der Waals surface area contributed by atoms with Gasteiger partial charge in [-0.05, 0) is 13.8 Å². The Balaban J connectivity index is 2.40. The van der Waals surface area contributed by atoms with Gasteiger partial charge < -0.3 is 5.73 Å². The molecule has 0 aliphatic carbocycles. The quantitative estimate of drug-likeness (QED) is 0.681. The normalized spacial score (nSPS) is 11.5. The van der Waals surface area contributed by atoms with Gasteiger partial charge in [0.05, 0.1) is 16.2 Å². The number of hydrogen-bond acceptors (Lipinski definition) is 5. The largest absolute Gasteiger partial charge is 0.320 e. The summed E-state index contributed by atoms with van der Waals surface area (Å²) in [6, 6.07) is 6.43. The van der Waals surface area contributed by atoms with E-state index < -0.39 is 10.5 Å². The van der Waals surface area contributed by atoms with Gasteiger partial charge in [-0.15, -0.1) is 11.3 Å². The number of nitrogens with zero attached hydrogens (tertiary/aromatic N) is 2. The number of thiazole rings is 1. The Morgan fingerprint density at radius 3 is 2.72 bits per heavy atom. The van der Waals surface area contributed by atoms with Crippen LogP contribution >= 0.6 is 11.3 Å². The van der Waals surface area contributed by atoms with Crippen molar-refractivity contribution in [2.45, 2.75) is 19.4 Å². The van der Waals surface area contributed by atoms with Gasteiger partial charge in [-0.2, -0.15) is 0 Å². The third kappa shape index (κ3) is 2.55. The lowest BCUT2D eigenvalue weighted by molar-refractivity contribution is -0.384. The van der Waals surface area contributed by atoms with Crippen molar-refractivity contribution in [1.29, 1.82) is 0 Å². The molecule has 0 unspecified atom stereocenters. The monoisotopic (exact) mass is 263 g/mol. The molecule has 0 bridgehead atoms. The number of nitrogens with two attached hydrogens (primary N) is 1. The Labute approximate surface area is 108 Å². The zero-order valence-corrected chi connectivity index (χ0v) is 10.9. The van der Waals surface area contributed by atoms with Crippen molar-refractivity contribution >= 4 is 17.0 Å². The maximum atomic E-state index is 10.7. The Morgan fingerprint density at radius 1 is 1.44 bits per heavy atom. The molecule has 6 heteroatoms. The molecule has 0 spiro atoms. The number of aromatic nitrogens is 1. The maximum Gasteiger partial charge on any atom is 0.270 e. The third-order valence-corrected chi connectivity index (χ3v) is 3.59. The van der Waals surface area contributed by atoms with E-state index in [1.807, 2.05) is 19.2 Å². The molecule has 0 amide bonds. The number of non-ortho nitro benzene ring substituents is 1. The van der Waals surface area contributed by atoms with Crippen LogP contribution in [0.3, 0.4) is 0 Å². The molecule has 2 N–H and O–H groups in total. The summed E-state index contributed by atoms with van der Waals surface area (Å²) in [5.74, 6) is 0. The molecule has 0 atom stereocenters. The Bertz CT molecular complexity index is 587. The Morgan fingerprint density at radius 2 is 2.17 bits per heavy atom. The Kier molecular flexibility index (Phi) is 3.14. The minimum Gasteiger partial charge on any atom is -0.320 e. The molecular formula is C12H13N3O2S. The van der Waals surface area contributed by atoms with Crippen LogP contribution in [0.5, 0.6) is 0 Å². The summed E-state index contributed by atoms with van der Waals surface area (Å²) in [5, 5.41) is 13.4. The molecule has 0 radical (unpaired) electrons. The van der Waals surface area contributed by atoms with Crippen LogP contribution in [0.2, 0.25) is 0 Å². The van der Waals surface area contributed by atoms with Crippen molar-refractivity contribution in [2.24, 2.45) is 5.73 Å². The number of nitro groups is 1. The highest BCUT2D eigenvalue weighted by molar-refractivity contribution is 7.10. The lowest BCUT2D eigenvalue weighted by Crippen LogP contribution is -2.28. The second kappa shape index (κ2) is 4.47. The van der Waals surface area contributed by atoms with Crippen molar-refractivity contribution in [3.63, 3.8) is 0 Å². The van der Waals surface area contributed by atoms with E-state index in [-0.39, 0.29) is 5.69 Å². The average molecular weight is 263 g/mol. The van der Waals surface area contributed by atoms with Gasteiger partial charge in [0.2, 0.25) is 0 Å². The minimum atomic E-state index is -0.496. The molecule has 0 aliphatic heterocycles. The van der Waals surface area contributed by atoms with Crippen molar-refractivity contribution in [3.8, 4) is 11.3 Å². The molecule has 2 aromatic rings. The summed E-state index contributed by atoms with van der Waals surface area (Å²) in [4.78, 5) is 14.7. The highest BCUT2D eigenvalue weighted by Crippen LogP contribution is 2.28. The zero-order valence-electron chi connectivity index (χ0n) is 10.1. The lowest BCUT2D eigenvalue weighted by atomic mass is 10.1. The van der Waals surface area contributed by atoms with Crippen LogP contribution in [0.25, 0.3) is 11.3 Å². The summed E-state index contributed by atoms with van der Waals surface area (Å²) in [5.41, 5.74) is 6.99. The number of rotatable bonds is 3. The van der Waals surface area contributed by atoms with E-state index in [0.29, 0.717) is 0 Å². The van der Waals surface area contributed by atoms with Gasteiger partial charge in [-0.1, -0.05) is 12.1 Å². The van der Waals surface area contributed by atoms with Crippen LogP contribution in [-0.4, -0.2) is 9.91 Å². The molecule has 94 valence electrons. The van der Waals surface area contributed by atoms with E-state index in [0.717, 1.165) is 16.3 Å². The third-order valence-electron chi connectivity index (χ3n) is 2.41. The fourth-order valence-corrected chi connectivity index (χ4v) is 2.35. The van der Waals surface area contributed by atoms with Crippen LogP contribution < -0.4 is 5.73 Å². The second-order valence-electron chi connectivity index (χ2n) is 4.57. The number of hydrogen-bond donors (Lipinski definition) is 1. The summed E-state index contributed by atoms with van der Waals surface area (Å²) in [7, 11) is 0. The molecule has 18 heavy (non-hydrogen) atoms. The molecule has 0 saturated heterocycles. The second-order valence-corrected chi connectivity index (χ2v) is 5.43. The molecule has 2 rings (SSSR count). The van der Waals surface area contributed by atoms with E-state index in [2.05, 4.69) is 4.98 Å². The zero-order chi connectivity index (χ0) is 13.3. The molecule has 0 fully saturated rings. The van der Waals surface area contributed by atoms with Gasteiger partial charge >= 0.3 is 0 Å². The summed E-state index contributed by atoms with van der Waals surface area (Å²) < 4.78 is 0. The molecule has 0 saturated carbocycles. The standard InChI is InChI=1S/C12H13N3O2S/c1-12(2,13)11-14-10(7-18-11)8-4-3-5-9(6-8)15(16)17/h3-7H,13H2,1-2H3. The minimum absolute atomic E-state index is 0.0639. The molecule has 1 heterocycles. The topological polar surface area (TPSA) is 82.0 Å². The van der Waals surface area contributed by atoms with E-state index in [9.17, 15) is 10.1 Å². The molecule has 1 aromatic carbocycles. The first-order valence-corrected chi connectivity index (χ1v) is 6.25. The lowest BCUT2D eigenvalue weighted by Gasteiger charge is -2.13. The van der Waals surface area contributed by atoms with E-state index in [1.165, 1.54) is 23.5 Å². The summed E-state index contributed by atoms with van der Waals surface area (Å²) in [6.07, 6.45) is 0. The van der Waals surface area contributed by atoms with E-state index in [4.69, 9.17) is 5.73 Å². The summed E-state index contributed by atoms with van der Waals surface area (Å²) in [6.45, 7) is 3.76. The molecule has 1 aromatic heterocycles. The maximum absolute atomic E-state index is 10.7. The van der Waals surface area contributed by atoms with Crippen LogP contribution in [0, 0.1) is 10.1 Å². The molecular weight excluding hydrogens is 250 g/mol. The first-order chi connectivity index (χ1) is 8.38. The van der Waals surface area contributed by atoms with E-state index >= 15 is 0 Å². The van der Waals surface area contributed by atoms with Crippen LogP contribution in [-0.2, 0) is 5.54 Å². The van der Waals surface area contributed by atoms with Crippen LogP contribution in [0.4, 0.5) is 5.69 Å². The van der Waals surface area contributed by atoms with Gasteiger partial charge in [0, 0.05) is 23.1 Å². The van der Waals surface area contributed by atoms with E-state index in [1.54, 1.807) is 12.1 Å². The fourth-order valence-electron chi connectivity index (χ4n) is 1.48. The smallest absolute Gasteiger partial charge is 0.270 e. The molecule has 5 nitrogen and oxygen atoms in total. The fraction of sp³-hybridized carbons (Fsp3) is 0.250. The summed E-state index contributed by atoms with van der Waals surface area (Å²) >= 11 is 1.46.